The summed E-state index contributed by atoms with van der Waals surface area (Å²) in [6.07, 6.45) is 1.34. The van der Waals surface area contributed by atoms with Crippen LogP contribution in [0.3, 0.4) is 0 Å². The SMILES string of the molecule is C[C@H](C1CCN(c2ncc(Cl)c(Nc3ccc4c(c3)c3c(c(=O)n4C)OCC(F)(F)[C@H](C4CC4)N3)n2)CC1)N1CCC(c2ccc3c(C4CCC(=O)NC4=O)nn(C)c3c2C(F)(F)F)CC1. The Bertz CT molecular complexity index is 2810. The van der Waals surface area contributed by atoms with E-state index in [4.69, 9.17) is 21.3 Å². The molecule has 4 fully saturated rings. The van der Waals surface area contributed by atoms with Gasteiger partial charge in [-0.25, -0.2) is 13.8 Å². The molecule has 0 bridgehead atoms. The van der Waals surface area contributed by atoms with E-state index in [2.05, 4.69) is 42.8 Å². The normalized spacial score (nSPS) is 22.7. The number of ether oxygens (including phenoxy) is 1. The number of rotatable bonds is 8. The van der Waals surface area contributed by atoms with Gasteiger partial charge in [0.1, 0.15) is 5.02 Å². The predicted octanol–water partition coefficient (Wildman–Crippen LogP) is 7.85. The summed E-state index contributed by atoms with van der Waals surface area (Å²) < 4.78 is 83.5. The van der Waals surface area contributed by atoms with Crippen LogP contribution in [-0.4, -0.2) is 91.8 Å². The first-order valence-corrected chi connectivity index (χ1v) is 23.0. The van der Waals surface area contributed by atoms with Crippen molar-refractivity contribution in [3.63, 3.8) is 0 Å². The molecule has 7 heterocycles. The molecule has 5 aliphatic rings. The van der Waals surface area contributed by atoms with Crippen LogP contribution in [0.15, 0.2) is 41.3 Å². The molecule has 20 heteroatoms. The summed E-state index contributed by atoms with van der Waals surface area (Å²) in [6.45, 7) is 3.97. The molecule has 350 valence electrons. The largest absolute Gasteiger partial charge is 0.480 e. The minimum Gasteiger partial charge on any atom is -0.480 e. The number of imide groups is 1. The zero-order chi connectivity index (χ0) is 46.4. The molecule has 66 heavy (non-hydrogen) atoms. The lowest BCUT2D eigenvalue weighted by molar-refractivity contribution is -0.137. The van der Waals surface area contributed by atoms with Crippen LogP contribution in [0, 0.1) is 11.8 Å². The van der Waals surface area contributed by atoms with Gasteiger partial charge in [0.15, 0.2) is 12.4 Å². The van der Waals surface area contributed by atoms with E-state index >= 15 is 8.78 Å². The van der Waals surface area contributed by atoms with Crippen molar-refractivity contribution < 1.29 is 36.3 Å². The highest BCUT2D eigenvalue weighted by Gasteiger charge is 2.51. The molecule has 3 atom stereocenters. The fraction of sp³-hybridized carbons (Fsp3) is 0.522. The van der Waals surface area contributed by atoms with Crippen molar-refractivity contribution in [2.45, 2.75) is 94.3 Å². The van der Waals surface area contributed by atoms with E-state index in [0.717, 1.165) is 12.8 Å². The standard InChI is InChI=1S/C46H50ClF5N10O4/c1-23(61-16-14-25(15-17-61)28-7-8-29-36(30-9-11-34(63)55-42(30)64)58-60(3)38(29)35(28)46(50,51)52)24-12-18-62(19-13-24)44-53-21-32(47)41(57-44)54-27-6-10-33-31(20-27)37-39(43(65)59(33)2)66-22-45(48,49)40(56-37)26-4-5-26/h6-8,10,20-21,23-26,30,40,56H,4-5,9,11-19,22H2,1-3H3,(H,53,54,57)(H,55,63,64)/t23-,30?,40+/m1/s1. The molecular formula is C46H50ClF5N10O4. The fourth-order valence-corrected chi connectivity index (χ4v) is 10.9. The number of aryl methyl sites for hydroxylation is 2. The summed E-state index contributed by atoms with van der Waals surface area (Å²) >= 11 is 6.63. The molecule has 14 nitrogen and oxygen atoms in total. The molecule has 1 aliphatic carbocycles. The number of fused-ring (bicyclic) bond motifs is 4. The van der Waals surface area contributed by atoms with E-state index in [1.165, 1.54) is 22.5 Å². The highest BCUT2D eigenvalue weighted by Crippen LogP contribution is 2.47. The number of carbonyl (C=O) groups is 2. The molecule has 5 aromatic rings. The molecule has 2 amide bonds. The Balaban J connectivity index is 0.800. The number of anilines is 4. The molecule has 3 aromatic heterocycles. The van der Waals surface area contributed by atoms with Crippen molar-refractivity contribution in [1.29, 1.82) is 0 Å². The molecule has 3 N–H and O–H groups in total. The van der Waals surface area contributed by atoms with E-state index in [1.807, 2.05) is 0 Å². The monoisotopic (exact) mass is 936 g/mol. The van der Waals surface area contributed by atoms with Gasteiger partial charge in [-0.05, 0) is 106 Å². The number of hydrogen-bond donors (Lipinski definition) is 3. The minimum atomic E-state index is -4.65. The van der Waals surface area contributed by atoms with E-state index in [0.29, 0.717) is 86.1 Å². The van der Waals surface area contributed by atoms with Crippen molar-refractivity contribution >= 4 is 68.4 Å². The number of aromatic nitrogens is 5. The third kappa shape index (κ3) is 7.98. The van der Waals surface area contributed by atoms with Crippen molar-refractivity contribution in [3.05, 3.63) is 68.7 Å². The second-order valence-electron chi connectivity index (χ2n) is 18.6. The molecule has 1 saturated carbocycles. The molecule has 4 aliphatic heterocycles. The molecular weight excluding hydrogens is 887 g/mol. The van der Waals surface area contributed by atoms with Crippen LogP contribution in [0.1, 0.15) is 86.9 Å². The number of amides is 2. The number of carbonyl (C=O) groups excluding carboxylic acids is 2. The summed E-state index contributed by atoms with van der Waals surface area (Å²) in [5.74, 6) is -4.40. The Hall–Kier alpha value is -5.56. The second kappa shape index (κ2) is 16.6. The zero-order valence-corrected chi connectivity index (χ0v) is 37.4. The summed E-state index contributed by atoms with van der Waals surface area (Å²) in [5, 5.41) is 14.1. The van der Waals surface area contributed by atoms with Gasteiger partial charge < -0.3 is 29.7 Å². The van der Waals surface area contributed by atoms with Gasteiger partial charge in [0.05, 0.1) is 46.1 Å². The fourth-order valence-electron chi connectivity index (χ4n) is 10.8. The van der Waals surface area contributed by atoms with Crippen molar-refractivity contribution in [2.24, 2.45) is 25.9 Å². The number of halogens is 6. The Morgan fingerprint density at radius 2 is 1.70 bits per heavy atom. The average Bonchev–Trinajstić information content (AvgIpc) is 4.10. The smallest absolute Gasteiger partial charge is 0.418 e. The Morgan fingerprint density at radius 1 is 0.955 bits per heavy atom. The molecule has 10 rings (SSSR count). The van der Waals surface area contributed by atoms with Crippen molar-refractivity contribution in [2.75, 3.05) is 48.3 Å². The third-order valence-corrected chi connectivity index (χ3v) is 14.9. The third-order valence-electron chi connectivity index (χ3n) is 14.6. The lowest BCUT2D eigenvalue weighted by Crippen LogP contribution is -2.47. The highest BCUT2D eigenvalue weighted by molar-refractivity contribution is 6.33. The summed E-state index contributed by atoms with van der Waals surface area (Å²) in [4.78, 5) is 51.5. The van der Waals surface area contributed by atoms with Crippen LogP contribution in [-0.2, 0) is 29.9 Å². The minimum absolute atomic E-state index is 0.0438. The number of alkyl halides is 5. The highest BCUT2D eigenvalue weighted by atomic mass is 35.5. The van der Waals surface area contributed by atoms with Gasteiger partial charge in [-0.15, -0.1) is 0 Å². The predicted molar refractivity (Wildman–Crippen MR) is 239 cm³/mol. The summed E-state index contributed by atoms with van der Waals surface area (Å²) in [5.41, 5.74) is 0.584. The van der Waals surface area contributed by atoms with Crippen LogP contribution in [0.25, 0.3) is 21.8 Å². The Kier molecular flexibility index (Phi) is 11.2. The second-order valence-corrected chi connectivity index (χ2v) is 19.0. The first-order chi connectivity index (χ1) is 31.5. The number of nitrogens with zero attached hydrogens (tertiary/aromatic N) is 7. The molecule has 1 unspecified atom stereocenters. The number of nitrogens with one attached hydrogen (secondary N) is 3. The van der Waals surface area contributed by atoms with Gasteiger partial charge in [0.2, 0.25) is 23.5 Å². The number of benzene rings is 2. The lowest BCUT2D eigenvalue weighted by Gasteiger charge is -2.42. The maximum atomic E-state index is 15.2. The first-order valence-electron chi connectivity index (χ1n) is 22.6. The van der Waals surface area contributed by atoms with Gasteiger partial charge in [-0.3, -0.25) is 24.4 Å². The zero-order valence-electron chi connectivity index (χ0n) is 36.7. The van der Waals surface area contributed by atoms with Gasteiger partial charge in [-0.1, -0.05) is 23.7 Å². The molecule has 2 aromatic carbocycles. The van der Waals surface area contributed by atoms with Crippen LogP contribution < -0.4 is 31.1 Å². The summed E-state index contributed by atoms with van der Waals surface area (Å²) in [7, 11) is 3.05. The lowest BCUT2D eigenvalue weighted by atomic mass is 9.82. The Morgan fingerprint density at radius 3 is 2.39 bits per heavy atom. The van der Waals surface area contributed by atoms with Gasteiger partial charge in [0, 0.05) is 56.1 Å². The van der Waals surface area contributed by atoms with Gasteiger partial charge in [-0.2, -0.15) is 23.3 Å². The Labute approximate surface area is 381 Å². The first kappa shape index (κ1) is 44.3. The number of hydrogen-bond acceptors (Lipinski definition) is 11. The number of piperidine rings is 3. The topological polar surface area (TPSA) is 152 Å². The maximum Gasteiger partial charge on any atom is 0.418 e. The van der Waals surface area contributed by atoms with Crippen LogP contribution in [0.5, 0.6) is 5.75 Å². The van der Waals surface area contributed by atoms with E-state index in [9.17, 15) is 27.6 Å². The van der Waals surface area contributed by atoms with Crippen LogP contribution in [0.2, 0.25) is 5.02 Å². The van der Waals surface area contributed by atoms with Crippen molar-refractivity contribution in [1.82, 2.24) is 34.5 Å². The summed E-state index contributed by atoms with van der Waals surface area (Å²) in [6, 6.07) is 7.52. The van der Waals surface area contributed by atoms with E-state index in [-0.39, 0.29) is 69.3 Å². The molecule has 0 radical (unpaired) electrons. The quantitative estimate of drug-likeness (QED) is 0.103. The van der Waals surface area contributed by atoms with E-state index < -0.39 is 53.6 Å². The van der Waals surface area contributed by atoms with Gasteiger partial charge >= 0.3 is 12.1 Å². The molecule has 0 spiro atoms. The van der Waals surface area contributed by atoms with E-state index in [1.54, 1.807) is 37.4 Å². The van der Waals surface area contributed by atoms with Crippen LogP contribution in [0.4, 0.5) is 45.1 Å². The van der Waals surface area contributed by atoms with Crippen molar-refractivity contribution in [3.8, 4) is 5.75 Å². The maximum absolute atomic E-state index is 15.2. The number of pyridine rings is 1. The van der Waals surface area contributed by atoms with Gasteiger partial charge in [0.25, 0.3) is 5.56 Å². The average molecular weight is 937 g/mol. The van der Waals surface area contributed by atoms with Crippen LogP contribution >= 0.6 is 11.6 Å². The number of likely N-dealkylation sites (tertiary alicyclic amines) is 1. The molecule has 3 saturated heterocycles.